The van der Waals surface area contributed by atoms with Crippen LogP contribution in [-0.4, -0.2) is 12.4 Å². The second-order valence-corrected chi connectivity index (χ2v) is 9.95. The standard InChI is InChI=1S/C19H15Br2NO2S/c1-2-8-17-16(13-19(20)21)15-11-6-7-12-18(15)22(17)25(23,24)14-9-4-3-5-10-14/h2-7,9-13H,1,8H2. The normalized spacial score (nSPS) is 11.4. The highest BCUT2D eigenvalue weighted by Crippen LogP contribution is 2.33. The molecule has 2 aromatic carbocycles. The molecule has 0 spiro atoms. The molecule has 0 N–H and O–H groups in total. The number of hydrogen-bond acceptors (Lipinski definition) is 2. The smallest absolute Gasteiger partial charge is 0.237 e. The van der Waals surface area contributed by atoms with Crippen molar-refractivity contribution in [2.45, 2.75) is 11.3 Å². The van der Waals surface area contributed by atoms with Gasteiger partial charge in [0.25, 0.3) is 10.0 Å². The van der Waals surface area contributed by atoms with E-state index in [1.54, 1.807) is 36.4 Å². The van der Waals surface area contributed by atoms with Gasteiger partial charge in [-0.2, -0.15) is 0 Å². The molecule has 1 aromatic heterocycles. The number of para-hydroxylation sites is 1. The van der Waals surface area contributed by atoms with E-state index in [2.05, 4.69) is 38.4 Å². The van der Waals surface area contributed by atoms with E-state index in [0.29, 0.717) is 17.6 Å². The number of halogens is 2. The fourth-order valence-corrected chi connectivity index (χ4v) is 4.91. The van der Waals surface area contributed by atoms with E-state index in [-0.39, 0.29) is 4.90 Å². The monoisotopic (exact) mass is 479 g/mol. The van der Waals surface area contributed by atoms with Crippen LogP contribution in [0.25, 0.3) is 17.0 Å². The number of hydrogen-bond donors (Lipinski definition) is 0. The largest absolute Gasteiger partial charge is 0.268 e. The summed E-state index contributed by atoms with van der Waals surface area (Å²) in [4.78, 5) is 0.259. The van der Waals surface area contributed by atoms with Gasteiger partial charge in [0.2, 0.25) is 0 Å². The number of fused-ring (bicyclic) bond motifs is 1. The van der Waals surface area contributed by atoms with Gasteiger partial charge in [0.05, 0.1) is 13.8 Å². The van der Waals surface area contributed by atoms with Crippen LogP contribution in [0.1, 0.15) is 11.3 Å². The molecule has 3 nitrogen and oxygen atoms in total. The van der Waals surface area contributed by atoms with Crippen LogP contribution in [0.4, 0.5) is 0 Å². The molecule has 0 saturated heterocycles. The SMILES string of the molecule is C=CCc1c(C=C(Br)Br)c2ccccc2n1S(=O)(=O)c1ccccc1. The van der Waals surface area contributed by atoms with E-state index < -0.39 is 10.0 Å². The van der Waals surface area contributed by atoms with Crippen molar-refractivity contribution >= 4 is 58.9 Å². The second-order valence-electron chi connectivity index (χ2n) is 5.39. The van der Waals surface area contributed by atoms with Crippen molar-refractivity contribution in [1.29, 1.82) is 0 Å². The Kier molecular flexibility index (Phi) is 5.32. The topological polar surface area (TPSA) is 39.1 Å². The summed E-state index contributed by atoms with van der Waals surface area (Å²) in [6, 6.07) is 16.0. The van der Waals surface area contributed by atoms with E-state index >= 15 is 0 Å². The lowest BCUT2D eigenvalue weighted by molar-refractivity contribution is 0.587. The Hall–Kier alpha value is -1.63. The van der Waals surface area contributed by atoms with Crippen molar-refractivity contribution in [3.05, 3.63) is 81.9 Å². The molecule has 6 heteroatoms. The third-order valence-electron chi connectivity index (χ3n) is 3.84. The Morgan fingerprint density at radius 1 is 1.04 bits per heavy atom. The molecule has 0 unspecified atom stereocenters. The summed E-state index contributed by atoms with van der Waals surface area (Å²) in [7, 11) is -3.72. The Bertz CT molecular complexity index is 1060. The molecule has 0 atom stereocenters. The summed E-state index contributed by atoms with van der Waals surface area (Å²) in [5.74, 6) is 0. The molecular formula is C19H15Br2NO2S. The zero-order valence-electron chi connectivity index (χ0n) is 13.2. The van der Waals surface area contributed by atoms with Gasteiger partial charge in [-0.15, -0.1) is 6.58 Å². The van der Waals surface area contributed by atoms with Gasteiger partial charge in [-0.3, -0.25) is 0 Å². The molecule has 0 amide bonds. The predicted molar refractivity (Wildman–Crippen MR) is 111 cm³/mol. The van der Waals surface area contributed by atoms with Gasteiger partial charge in [-0.05, 0) is 56.1 Å². The lowest BCUT2D eigenvalue weighted by atomic mass is 10.1. The first-order valence-corrected chi connectivity index (χ1v) is 10.6. The third-order valence-corrected chi connectivity index (χ3v) is 6.07. The van der Waals surface area contributed by atoms with Gasteiger partial charge < -0.3 is 0 Å². The van der Waals surface area contributed by atoms with Crippen LogP contribution < -0.4 is 0 Å². The highest BCUT2D eigenvalue weighted by Gasteiger charge is 2.25. The maximum atomic E-state index is 13.3. The Morgan fingerprint density at radius 2 is 1.68 bits per heavy atom. The highest BCUT2D eigenvalue weighted by molar-refractivity contribution is 9.28. The predicted octanol–water partition coefficient (Wildman–Crippen LogP) is 5.70. The molecule has 3 rings (SSSR count). The van der Waals surface area contributed by atoms with Gasteiger partial charge in [-0.1, -0.05) is 42.5 Å². The average molecular weight is 481 g/mol. The maximum absolute atomic E-state index is 13.3. The van der Waals surface area contributed by atoms with Crippen LogP contribution in [0.3, 0.4) is 0 Å². The van der Waals surface area contributed by atoms with Crippen LogP contribution in [0.15, 0.2) is 75.5 Å². The summed E-state index contributed by atoms with van der Waals surface area (Å²) in [6.07, 6.45) is 4.02. The second kappa shape index (κ2) is 7.32. The fraction of sp³-hybridized carbons (Fsp3) is 0.0526. The Labute approximate surface area is 164 Å². The van der Waals surface area contributed by atoms with E-state index in [9.17, 15) is 8.42 Å². The number of benzene rings is 2. The zero-order chi connectivity index (χ0) is 18.0. The van der Waals surface area contributed by atoms with Crippen molar-refractivity contribution in [1.82, 2.24) is 3.97 Å². The fourth-order valence-electron chi connectivity index (χ4n) is 2.86. The summed E-state index contributed by atoms with van der Waals surface area (Å²) in [5, 5.41) is 0.871. The van der Waals surface area contributed by atoms with Gasteiger partial charge in [0, 0.05) is 23.1 Å². The number of rotatable bonds is 5. The number of nitrogens with zero attached hydrogens (tertiary/aromatic N) is 1. The molecule has 0 saturated carbocycles. The molecule has 0 aliphatic rings. The van der Waals surface area contributed by atoms with Crippen molar-refractivity contribution in [3.63, 3.8) is 0 Å². The van der Waals surface area contributed by atoms with Crippen LogP contribution in [0.5, 0.6) is 0 Å². The molecule has 25 heavy (non-hydrogen) atoms. The molecule has 1 heterocycles. The van der Waals surface area contributed by atoms with E-state index in [1.807, 2.05) is 30.3 Å². The Balaban J connectivity index is 2.44. The minimum Gasteiger partial charge on any atom is -0.237 e. The molecule has 0 aliphatic heterocycles. The number of allylic oxidation sites excluding steroid dienone is 1. The average Bonchev–Trinajstić information content (AvgIpc) is 2.90. The molecule has 0 fully saturated rings. The van der Waals surface area contributed by atoms with Gasteiger partial charge in [0.1, 0.15) is 0 Å². The minimum absolute atomic E-state index is 0.259. The maximum Gasteiger partial charge on any atom is 0.268 e. The lowest BCUT2D eigenvalue weighted by Gasteiger charge is -2.11. The quantitative estimate of drug-likeness (QED) is 0.439. The van der Waals surface area contributed by atoms with Gasteiger partial charge in [-0.25, -0.2) is 12.4 Å². The van der Waals surface area contributed by atoms with E-state index in [0.717, 1.165) is 14.3 Å². The first-order valence-electron chi connectivity index (χ1n) is 7.53. The van der Waals surface area contributed by atoms with Crippen LogP contribution in [0.2, 0.25) is 0 Å². The van der Waals surface area contributed by atoms with Crippen molar-refractivity contribution in [3.8, 4) is 0 Å². The molecule has 3 aromatic rings. The van der Waals surface area contributed by atoms with Crippen LogP contribution in [-0.2, 0) is 16.4 Å². The highest BCUT2D eigenvalue weighted by atomic mass is 79.9. The van der Waals surface area contributed by atoms with Crippen LogP contribution >= 0.6 is 31.9 Å². The molecule has 128 valence electrons. The number of aromatic nitrogens is 1. The summed E-state index contributed by atoms with van der Waals surface area (Å²) in [5.41, 5.74) is 2.17. The molecule has 0 radical (unpaired) electrons. The summed E-state index contributed by atoms with van der Waals surface area (Å²) < 4.78 is 28.8. The molecule has 0 aliphatic carbocycles. The zero-order valence-corrected chi connectivity index (χ0v) is 17.2. The van der Waals surface area contributed by atoms with E-state index in [1.165, 1.54) is 3.97 Å². The lowest BCUT2D eigenvalue weighted by Crippen LogP contribution is -2.15. The summed E-state index contributed by atoms with van der Waals surface area (Å²) >= 11 is 6.76. The minimum atomic E-state index is -3.72. The van der Waals surface area contributed by atoms with E-state index in [4.69, 9.17) is 0 Å². The van der Waals surface area contributed by atoms with Gasteiger partial charge in [0.15, 0.2) is 0 Å². The van der Waals surface area contributed by atoms with Crippen molar-refractivity contribution < 1.29 is 8.42 Å². The molecule has 0 bridgehead atoms. The first kappa shape index (κ1) is 18.2. The van der Waals surface area contributed by atoms with Crippen LogP contribution in [0, 0.1) is 0 Å². The third kappa shape index (κ3) is 3.38. The summed E-state index contributed by atoms with van der Waals surface area (Å²) in [6.45, 7) is 3.79. The first-order chi connectivity index (χ1) is 12.0. The molecular weight excluding hydrogens is 466 g/mol. The van der Waals surface area contributed by atoms with Crippen molar-refractivity contribution in [2.24, 2.45) is 0 Å². The van der Waals surface area contributed by atoms with Crippen molar-refractivity contribution in [2.75, 3.05) is 0 Å². The van der Waals surface area contributed by atoms with Gasteiger partial charge >= 0.3 is 0 Å². The Morgan fingerprint density at radius 3 is 2.32 bits per heavy atom.